The topological polar surface area (TPSA) is 75.7 Å². The molecule has 0 bridgehead atoms. The summed E-state index contributed by atoms with van der Waals surface area (Å²) in [5.74, 6) is -0.0249. The van der Waals surface area contributed by atoms with Gasteiger partial charge in [-0.3, -0.25) is 0 Å². The number of hydrazone groups is 1. The average Bonchev–Trinajstić information content (AvgIpc) is 2.03. The maximum atomic E-state index is 9.81. The third-order valence-corrected chi connectivity index (χ3v) is 1.23. The first-order valence-electron chi connectivity index (χ1n) is 3.16. The molecule has 0 aliphatic heterocycles. The minimum atomic E-state index is -0.827. The maximum absolute atomic E-state index is 9.81. The van der Waals surface area contributed by atoms with Crippen LogP contribution in [0.4, 0.5) is 0 Å². The smallest absolute Gasteiger partial charge is 0.190 e. The van der Waals surface area contributed by atoms with E-state index >= 15 is 0 Å². The summed E-state index contributed by atoms with van der Waals surface area (Å²) in [6, 6.07) is 6.24. The fourth-order valence-electron chi connectivity index (χ4n) is 0.706. The molecule has 0 aromatic heterocycles. The number of phenolic OH excluding ortho intramolecular Hbond substituents is 1. The summed E-state index contributed by atoms with van der Waals surface area (Å²) >= 11 is 0. The summed E-state index contributed by atoms with van der Waals surface area (Å²) in [7, 11) is 0. The number of nitro groups is 1. The molecule has 1 N–H and O–H groups in total. The van der Waals surface area contributed by atoms with Crippen molar-refractivity contribution in [1.82, 2.24) is 0 Å². The predicted molar refractivity (Wildman–Crippen MR) is 42.7 cm³/mol. The number of aromatic hydroxyl groups is 1. The van der Waals surface area contributed by atoms with Crippen LogP contribution >= 0.6 is 0 Å². The second-order valence-electron chi connectivity index (χ2n) is 2.04. The van der Waals surface area contributed by atoms with Gasteiger partial charge in [0.1, 0.15) is 12.0 Å². The zero-order valence-corrected chi connectivity index (χ0v) is 6.04. The van der Waals surface area contributed by atoms with Gasteiger partial charge in [-0.05, 0) is 12.1 Å². The van der Waals surface area contributed by atoms with Crippen molar-refractivity contribution in [1.29, 1.82) is 0 Å². The average molecular weight is 166 g/mol. The summed E-state index contributed by atoms with van der Waals surface area (Å²) in [6.45, 7) is 0. The lowest BCUT2D eigenvalue weighted by Crippen LogP contribution is -1.88. The van der Waals surface area contributed by atoms with Gasteiger partial charge in [-0.2, -0.15) is 0 Å². The second-order valence-corrected chi connectivity index (χ2v) is 2.04. The molecule has 0 atom stereocenters. The standard InChI is InChI=1S/C7H6N2O3/c10-7-4-2-1-3-6(7)5-8-9(11)12/h1-5,10H. The molecule has 5 heteroatoms. The van der Waals surface area contributed by atoms with E-state index in [0.717, 1.165) is 6.21 Å². The molecule has 1 rings (SSSR count). The van der Waals surface area contributed by atoms with Crippen molar-refractivity contribution in [2.75, 3.05) is 0 Å². The number of hydrogen-bond acceptors (Lipinski definition) is 3. The zero-order chi connectivity index (χ0) is 8.97. The summed E-state index contributed by atoms with van der Waals surface area (Å²) in [4.78, 5) is 9.81. The number of rotatable bonds is 2. The molecular formula is C7H6N2O3. The molecular weight excluding hydrogens is 160 g/mol. The summed E-state index contributed by atoms with van der Waals surface area (Å²) < 4.78 is 0. The summed E-state index contributed by atoms with van der Waals surface area (Å²) in [5.41, 5.74) is 0.328. The van der Waals surface area contributed by atoms with Crippen molar-refractivity contribution in [2.45, 2.75) is 0 Å². The normalized spacial score (nSPS) is 10.3. The molecule has 0 heterocycles. The largest absolute Gasteiger partial charge is 0.507 e. The van der Waals surface area contributed by atoms with Crippen LogP contribution in [0.3, 0.4) is 0 Å². The fourth-order valence-corrected chi connectivity index (χ4v) is 0.706. The van der Waals surface area contributed by atoms with Gasteiger partial charge in [-0.15, -0.1) is 0 Å². The van der Waals surface area contributed by atoms with Crippen molar-refractivity contribution in [2.24, 2.45) is 5.10 Å². The van der Waals surface area contributed by atoms with E-state index in [4.69, 9.17) is 5.11 Å². The Bertz CT molecular complexity index is 322. The van der Waals surface area contributed by atoms with Gasteiger partial charge in [-0.1, -0.05) is 12.1 Å². The third-order valence-electron chi connectivity index (χ3n) is 1.23. The molecule has 0 spiro atoms. The van der Waals surface area contributed by atoms with Crippen LogP contribution in [0.1, 0.15) is 5.56 Å². The van der Waals surface area contributed by atoms with Crippen LogP contribution in [-0.2, 0) is 0 Å². The lowest BCUT2D eigenvalue weighted by atomic mass is 10.2. The zero-order valence-electron chi connectivity index (χ0n) is 6.04. The molecule has 5 nitrogen and oxygen atoms in total. The quantitative estimate of drug-likeness (QED) is 0.404. The van der Waals surface area contributed by atoms with Crippen LogP contribution in [0.15, 0.2) is 29.4 Å². The minimum Gasteiger partial charge on any atom is -0.507 e. The number of benzene rings is 1. The molecule has 0 saturated carbocycles. The Morgan fingerprint density at radius 2 is 2.17 bits per heavy atom. The molecule has 62 valence electrons. The Balaban J connectivity index is 2.89. The number of phenols is 1. The molecule has 0 aliphatic carbocycles. The first-order chi connectivity index (χ1) is 5.70. The van der Waals surface area contributed by atoms with E-state index < -0.39 is 5.03 Å². The van der Waals surface area contributed by atoms with Crippen molar-refractivity contribution in [3.63, 3.8) is 0 Å². The van der Waals surface area contributed by atoms with E-state index in [1.54, 1.807) is 12.1 Å². The van der Waals surface area contributed by atoms with E-state index in [-0.39, 0.29) is 5.75 Å². The summed E-state index contributed by atoms with van der Waals surface area (Å²) in [6.07, 6.45) is 0.995. The molecule has 1 aromatic rings. The first kappa shape index (κ1) is 8.19. The molecule has 0 amide bonds. The van der Waals surface area contributed by atoms with Crippen molar-refractivity contribution >= 4 is 6.21 Å². The van der Waals surface area contributed by atoms with Gasteiger partial charge in [0, 0.05) is 5.56 Å². The van der Waals surface area contributed by atoms with Crippen molar-refractivity contribution in [3.8, 4) is 5.75 Å². The molecule has 1 aromatic carbocycles. The van der Waals surface area contributed by atoms with Gasteiger partial charge in [0.15, 0.2) is 5.03 Å². The second kappa shape index (κ2) is 3.47. The molecule has 0 radical (unpaired) electrons. The number of para-hydroxylation sites is 1. The van der Waals surface area contributed by atoms with E-state index in [9.17, 15) is 10.1 Å². The molecule has 0 unspecified atom stereocenters. The molecule has 0 fully saturated rings. The fraction of sp³-hybridized carbons (Fsp3) is 0. The highest BCUT2D eigenvalue weighted by Gasteiger charge is 1.96. The van der Waals surface area contributed by atoms with Crippen molar-refractivity contribution in [3.05, 3.63) is 39.9 Å². The van der Waals surface area contributed by atoms with E-state index in [1.165, 1.54) is 12.1 Å². The molecule has 12 heavy (non-hydrogen) atoms. The minimum absolute atomic E-state index is 0.0249. The Hall–Kier alpha value is -1.91. The highest BCUT2D eigenvalue weighted by atomic mass is 16.7. The van der Waals surface area contributed by atoms with Crippen LogP contribution in [0.2, 0.25) is 0 Å². The molecule has 0 aliphatic rings. The Morgan fingerprint density at radius 1 is 1.50 bits per heavy atom. The van der Waals surface area contributed by atoms with Crippen molar-refractivity contribution < 1.29 is 10.1 Å². The Kier molecular flexibility index (Phi) is 2.37. The highest BCUT2D eigenvalue weighted by Crippen LogP contribution is 2.12. The Labute approximate surface area is 68.1 Å². The van der Waals surface area contributed by atoms with Gasteiger partial charge in [0.05, 0.1) is 5.10 Å². The van der Waals surface area contributed by atoms with Gasteiger partial charge in [0.2, 0.25) is 0 Å². The number of nitrogens with zero attached hydrogens (tertiary/aromatic N) is 2. The summed E-state index contributed by atoms with van der Waals surface area (Å²) in [5, 5.41) is 21.0. The van der Waals surface area contributed by atoms with E-state index in [0.29, 0.717) is 5.56 Å². The highest BCUT2D eigenvalue weighted by molar-refractivity contribution is 5.82. The Morgan fingerprint density at radius 3 is 2.75 bits per heavy atom. The van der Waals surface area contributed by atoms with Crippen LogP contribution in [0.25, 0.3) is 0 Å². The van der Waals surface area contributed by atoms with Crippen LogP contribution in [0, 0.1) is 10.1 Å². The van der Waals surface area contributed by atoms with Gasteiger partial charge < -0.3 is 5.11 Å². The van der Waals surface area contributed by atoms with E-state index in [1.807, 2.05) is 0 Å². The molecule has 0 saturated heterocycles. The van der Waals surface area contributed by atoms with Crippen LogP contribution in [0.5, 0.6) is 5.75 Å². The van der Waals surface area contributed by atoms with Gasteiger partial charge >= 0.3 is 0 Å². The lowest BCUT2D eigenvalue weighted by Gasteiger charge is -1.93. The predicted octanol–water partition coefficient (Wildman–Crippen LogP) is 1.00. The SMILES string of the molecule is O=[N+]([O-])N=Cc1ccccc1O. The monoisotopic (exact) mass is 166 g/mol. The van der Waals surface area contributed by atoms with Crippen LogP contribution in [-0.4, -0.2) is 16.4 Å². The lowest BCUT2D eigenvalue weighted by molar-refractivity contribution is -0.484. The van der Waals surface area contributed by atoms with E-state index in [2.05, 4.69) is 5.10 Å². The third kappa shape index (κ3) is 2.05. The van der Waals surface area contributed by atoms with Gasteiger partial charge in [-0.25, -0.2) is 10.1 Å². The number of hydrogen-bond donors (Lipinski definition) is 1. The van der Waals surface area contributed by atoms with Gasteiger partial charge in [0.25, 0.3) is 0 Å². The van der Waals surface area contributed by atoms with Crippen LogP contribution < -0.4 is 0 Å². The first-order valence-corrected chi connectivity index (χ1v) is 3.16. The maximum Gasteiger partial charge on any atom is 0.190 e.